The van der Waals surface area contributed by atoms with E-state index in [1.54, 1.807) is 13.2 Å². The average Bonchev–Trinajstić information content (AvgIpc) is 3.28. The zero-order valence-corrected chi connectivity index (χ0v) is 20.2. The normalized spacial score (nSPS) is 21.4. The monoisotopic (exact) mass is 508 g/mol. The van der Waals surface area contributed by atoms with Gasteiger partial charge < -0.3 is 39.8 Å². The van der Waals surface area contributed by atoms with E-state index in [2.05, 4.69) is 27.2 Å². The van der Waals surface area contributed by atoms with Crippen LogP contribution in [0.15, 0.2) is 24.9 Å². The fraction of sp³-hybridized carbons (Fsp3) is 0.409. The number of aliphatic hydroxyl groups excluding tert-OH is 1. The summed E-state index contributed by atoms with van der Waals surface area (Å²) in [5.41, 5.74) is 0.554. The van der Waals surface area contributed by atoms with Gasteiger partial charge >= 0.3 is 0 Å². The molecular formula is C22H26ClFN6O5. The van der Waals surface area contributed by atoms with E-state index in [1.165, 1.54) is 36.2 Å². The maximum absolute atomic E-state index is 15.2. The van der Waals surface area contributed by atoms with Crippen molar-refractivity contribution in [1.82, 2.24) is 15.3 Å². The summed E-state index contributed by atoms with van der Waals surface area (Å²) in [4.78, 5) is 23.4. The van der Waals surface area contributed by atoms with Gasteiger partial charge in [0.2, 0.25) is 18.2 Å². The number of aromatic nitrogens is 2. The van der Waals surface area contributed by atoms with Crippen molar-refractivity contribution < 1.29 is 28.5 Å². The molecule has 0 spiro atoms. The molecule has 1 aromatic heterocycles. The lowest BCUT2D eigenvalue weighted by atomic mass is 10.1. The van der Waals surface area contributed by atoms with Crippen LogP contribution < -0.4 is 29.9 Å². The number of hydrogen-bond acceptors (Lipinski definition) is 10. The molecule has 1 aromatic carbocycles. The van der Waals surface area contributed by atoms with E-state index in [4.69, 9.17) is 25.8 Å². The first-order valence-corrected chi connectivity index (χ1v) is 11.1. The summed E-state index contributed by atoms with van der Waals surface area (Å²) < 4.78 is 31.1. The number of anilines is 3. The van der Waals surface area contributed by atoms with Gasteiger partial charge in [-0.1, -0.05) is 18.2 Å². The number of aliphatic hydroxyl groups is 1. The first-order chi connectivity index (χ1) is 16.8. The molecule has 2 aliphatic rings. The molecule has 2 aromatic rings. The predicted octanol–water partition coefficient (Wildman–Crippen LogP) is 1.50. The first-order valence-electron chi connectivity index (χ1n) is 10.7. The molecule has 3 heterocycles. The number of carbonyl (C=O) groups excluding carboxylic acids is 1. The van der Waals surface area contributed by atoms with Crippen LogP contribution in [0.3, 0.4) is 0 Å². The van der Waals surface area contributed by atoms with Crippen LogP contribution in [0.4, 0.5) is 21.8 Å². The minimum atomic E-state index is -1.30. The SMILES string of the molecule is C=CC(=O)NC1COCC1Nc1ncc2c(n1)N(C)C(O)N(c1c(F)c(OC)cc(OC)c1Cl)C2. The molecule has 1 saturated heterocycles. The zero-order valence-electron chi connectivity index (χ0n) is 19.4. The maximum atomic E-state index is 15.2. The summed E-state index contributed by atoms with van der Waals surface area (Å²) in [5.74, 6) is -0.174. The van der Waals surface area contributed by atoms with Crippen molar-refractivity contribution in [2.24, 2.45) is 0 Å². The number of methoxy groups -OCH3 is 2. The van der Waals surface area contributed by atoms with Crippen LogP contribution in [-0.2, 0) is 16.1 Å². The fourth-order valence-electron chi connectivity index (χ4n) is 4.03. The summed E-state index contributed by atoms with van der Waals surface area (Å²) >= 11 is 6.42. The highest BCUT2D eigenvalue weighted by Crippen LogP contribution is 2.44. The molecule has 0 radical (unpaired) electrons. The van der Waals surface area contributed by atoms with E-state index in [0.717, 1.165) is 0 Å². The molecule has 2 aliphatic heterocycles. The first kappa shape index (κ1) is 24.8. The van der Waals surface area contributed by atoms with E-state index in [0.29, 0.717) is 24.6 Å². The highest BCUT2D eigenvalue weighted by molar-refractivity contribution is 6.35. The van der Waals surface area contributed by atoms with Crippen molar-refractivity contribution in [2.45, 2.75) is 25.0 Å². The summed E-state index contributed by atoms with van der Waals surface area (Å²) in [5, 5.41) is 17.0. The predicted molar refractivity (Wildman–Crippen MR) is 127 cm³/mol. The minimum Gasteiger partial charge on any atom is -0.495 e. The number of nitrogens with zero attached hydrogens (tertiary/aromatic N) is 4. The number of benzene rings is 1. The van der Waals surface area contributed by atoms with Crippen molar-refractivity contribution in [3.8, 4) is 11.5 Å². The lowest BCUT2D eigenvalue weighted by molar-refractivity contribution is -0.117. The largest absolute Gasteiger partial charge is 0.495 e. The molecule has 188 valence electrons. The second kappa shape index (κ2) is 10.1. The Morgan fingerprint density at radius 3 is 2.74 bits per heavy atom. The molecule has 0 saturated carbocycles. The molecule has 1 amide bonds. The lowest BCUT2D eigenvalue weighted by Crippen LogP contribution is -2.51. The third-order valence-corrected chi connectivity index (χ3v) is 6.25. The van der Waals surface area contributed by atoms with Gasteiger partial charge in [-0.25, -0.2) is 9.37 Å². The van der Waals surface area contributed by atoms with Crippen molar-refractivity contribution in [3.05, 3.63) is 41.3 Å². The van der Waals surface area contributed by atoms with Gasteiger partial charge in [0.25, 0.3) is 0 Å². The van der Waals surface area contributed by atoms with Gasteiger partial charge in [-0.3, -0.25) is 4.79 Å². The van der Waals surface area contributed by atoms with E-state index in [1.807, 2.05) is 0 Å². The number of fused-ring (bicyclic) bond motifs is 1. The number of ether oxygens (including phenoxy) is 3. The second-order valence-corrected chi connectivity index (χ2v) is 8.37. The van der Waals surface area contributed by atoms with Crippen LogP contribution in [-0.4, -0.2) is 73.9 Å². The maximum Gasteiger partial charge on any atom is 0.243 e. The quantitative estimate of drug-likeness (QED) is 0.474. The summed E-state index contributed by atoms with van der Waals surface area (Å²) in [7, 11) is 4.34. The van der Waals surface area contributed by atoms with Gasteiger partial charge in [0.1, 0.15) is 22.3 Å². The van der Waals surface area contributed by atoms with Crippen LogP contribution in [0.2, 0.25) is 5.02 Å². The molecule has 0 aliphatic carbocycles. The second-order valence-electron chi connectivity index (χ2n) is 7.99. The van der Waals surface area contributed by atoms with Crippen LogP contribution in [0.25, 0.3) is 0 Å². The lowest BCUT2D eigenvalue weighted by Gasteiger charge is -2.41. The minimum absolute atomic E-state index is 0.00486. The number of nitrogens with one attached hydrogen (secondary N) is 2. The molecule has 13 heteroatoms. The fourth-order valence-corrected chi connectivity index (χ4v) is 4.36. The summed E-state index contributed by atoms with van der Waals surface area (Å²) in [6, 6.07) is 0.796. The van der Waals surface area contributed by atoms with Gasteiger partial charge in [-0.15, -0.1) is 0 Å². The van der Waals surface area contributed by atoms with E-state index in [9.17, 15) is 9.90 Å². The highest BCUT2D eigenvalue weighted by Gasteiger charge is 2.36. The number of amides is 1. The Morgan fingerprint density at radius 2 is 2.06 bits per heavy atom. The molecule has 4 rings (SSSR count). The topological polar surface area (TPSA) is 121 Å². The molecular weight excluding hydrogens is 483 g/mol. The molecule has 3 unspecified atom stereocenters. The Morgan fingerprint density at radius 1 is 1.34 bits per heavy atom. The third-order valence-electron chi connectivity index (χ3n) is 5.89. The Hall–Kier alpha value is -3.35. The van der Waals surface area contributed by atoms with Crippen LogP contribution in [0, 0.1) is 5.82 Å². The number of hydrogen-bond donors (Lipinski definition) is 3. The molecule has 3 N–H and O–H groups in total. The van der Waals surface area contributed by atoms with Gasteiger partial charge in [-0.05, 0) is 6.08 Å². The summed E-state index contributed by atoms with van der Waals surface area (Å²) in [6.07, 6.45) is 1.47. The smallest absolute Gasteiger partial charge is 0.243 e. The van der Waals surface area contributed by atoms with Crippen molar-refractivity contribution in [1.29, 1.82) is 0 Å². The Balaban J connectivity index is 1.61. The Kier molecular flexibility index (Phi) is 7.15. The Labute approximate surface area is 206 Å². The molecule has 1 fully saturated rings. The van der Waals surface area contributed by atoms with Crippen LogP contribution in [0.5, 0.6) is 11.5 Å². The van der Waals surface area contributed by atoms with Crippen molar-refractivity contribution in [2.75, 3.05) is 49.6 Å². The van der Waals surface area contributed by atoms with E-state index >= 15 is 4.39 Å². The third kappa shape index (κ3) is 4.64. The van der Waals surface area contributed by atoms with Gasteiger partial charge in [-0.2, -0.15) is 4.98 Å². The van der Waals surface area contributed by atoms with E-state index < -0.39 is 12.2 Å². The van der Waals surface area contributed by atoms with Crippen LogP contribution >= 0.6 is 11.6 Å². The molecule has 35 heavy (non-hydrogen) atoms. The van der Waals surface area contributed by atoms with Crippen molar-refractivity contribution >= 4 is 35.0 Å². The van der Waals surface area contributed by atoms with Gasteiger partial charge in [0, 0.05) is 24.9 Å². The molecule has 0 bridgehead atoms. The number of rotatable bonds is 7. The zero-order chi connectivity index (χ0) is 25.3. The number of carbonyl (C=O) groups is 1. The average molecular weight is 509 g/mol. The molecule has 3 atom stereocenters. The van der Waals surface area contributed by atoms with E-state index in [-0.39, 0.29) is 52.7 Å². The number of halogens is 2. The molecule has 11 nitrogen and oxygen atoms in total. The van der Waals surface area contributed by atoms with Gasteiger partial charge in [0.15, 0.2) is 11.6 Å². The van der Waals surface area contributed by atoms with Crippen molar-refractivity contribution in [3.63, 3.8) is 0 Å². The van der Waals surface area contributed by atoms with Gasteiger partial charge in [0.05, 0.1) is 46.1 Å². The standard InChI is InChI=1S/C22H26ClFN6O5/c1-5-16(31)26-12-9-35-10-13(12)27-21-25-7-11-8-30(22(32)29(2)20(11)28-21)19-17(23)14(33-3)6-15(34-4)18(19)24/h5-7,12-13,22,32H,1,8-10H2,2-4H3,(H,26,31)(H,25,27,28). The highest BCUT2D eigenvalue weighted by atomic mass is 35.5. The Bertz CT molecular complexity index is 1110. The van der Waals surface area contributed by atoms with Crippen LogP contribution in [0.1, 0.15) is 5.56 Å². The summed E-state index contributed by atoms with van der Waals surface area (Å²) in [6.45, 7) is 4.22.